The Labute approximate surface area is 129 Å². The number of likely N-dealkylation sites (tertiary alicyclic amines) is 1. The minimum Gasteiger partial charge on any atom is -0.503 e. The van der Waals surface area contributed by atoms with Gasteiger partial charge in [-0.05, 0) is 79.1 Å². The number of phenolic OH excluding ortho intramolecular Hbond substituents is 1. The summed E-state index contributed by atoms with van der Waals surface area (Å²) in [5.41, 5.74) is 1.17. The molecule has 0 aliphatic carbocycles. The molecule has 0 atom stereocenters. The Bertz CT molecular complexity index is 446. The number of ether oxygens (including phenoxy) is 1. The van der Waals surface area contributed by atoms with Crippen molar-refractivity contribution in [3.8, 4) is 11.5 Å². The number of aromatic hydroxyl groups is 1. The minimum absolute atomic E-state index is 0.170. The number of methoxy groups -OCH3 is 1. The molecule has 0 radical (unpaired) electrons. The van der Waals surface area contributed by atoms with Gasteiger partial charge < -0.3 is 15.2 Å². The Morgan fingerprint density at radius 1 is 1.40 bits per heavy atom. The van der Waals surface area contributed by atoms with Gasteiger partial charge in [0.2, 0.25) is 0 Å². The second kappa shape index (κ2) is 7.29. The van der Waals surface area contributed by atoms with Crippen LogP contribution < -0.4 is 10.1 Å². The van der Waals surface area contributed by atoms with Gasteiger partial charge in [-0.1, -0.05) is 0 Å². The zero-order valence-corrected chi connectivity index (χ0v) is 13.7. The number of benzene rings is 1. The van der Waals surface area contributed by atoms with E-state index in [1.807, 2.05) is 19.2 Å². The van der Waals surface area contributed by atoms with Gasteiger partial charge in [0.1, 0.15) is 0 Å². The molecule has 20 heavy (non-hydrogen) atoms. The van der Waals surface area contributed by atoms with Gasteiger partial charge in [-0.3, -0.25) is 4.90 Å². The molecule has 0 saturated carbocycles. The molecular weight excluding hydrogens is 320 g/mol. The van der Waals surface area contributed by atoms with Crippen LogP contribution in [0.15, 0.2) is 16.6 Å². The van der Waals surface area contributed by atoms with Gasteiger partial charge in [0.15, 0.2) is 11.5 Å². The van der Waals surface area contributed by atoms with Crippen LogP contribution in [0.1, 0.15) is 18.4 Å². The Kier molecular flexibility index (Phi) is 5.69. The molecule has 0 bridgehead atoms. The van der Waals surface area contributed by atoms with Gasteiger partial charge >= 0.3 is 0 Å². The van der Waals surface area contributed by atoms with Crippen LogP contribution in [-0.2, 0) is 6.54 Å². The SMILES string of the molecule is CNCC1CCN(Cc2cc(Br)c(O)c(OC)c2)CC1. The maximum atomic E-state index is 9.83. The summed E-state index contributed by atoms with van der Waals surface area (Å²) in [5, 5.41) is 13.1. The number of piperidine rings is 1. The van der Waals surface area contributed by atoms with E-state index in [4.69, 9.17) is 4.74 Å². The van der Waals surface area contributed by atoms with Crippen molar-refractivity contribution in [2.75, 3.05) is 33.8 Å². The molecule has 112 valence electrons. The minimum atomic E-state index is 0.170. The fourth-order valence-electron chi connectivity index (χ4n) is 2.77. The average Bonchev–Trinajstić information content (AvgIpc) is 2.45. The number of rotatable bonds is 5. The molecule has 0 spiro atoms. The first kappa shape index (κ1) is 15.6. The highest BCUT2D eigenvalue weighted by Gasteiger charge is 2.19. The van der Waals surface area contributed by atoms with Crippen LogP contribution in [0.25, 0.3) is 0 Å². The quantitative estimate of drug-likeness (QED) is 0.863. The van der Waals surface area contributed by atoms with E-state index in [1.54, 1.807) is 7.11 Å². The van der Waals surface area contributed by atoms with Crippen molar-refractivity contribution in [3.63, 3.8) is 0 Å². The monoisotopic (exact) mass is 342 g/mol. The van der Waals surface area contributed by atoms with Crippen LogP contribution >= 0.6 is 15.9 Å². The topological polar surface area (TPSA) is 44.7 Å². The smallest absolute Gasteiger partial charge is 0.172 e. The highest BCUT2D eigenvalue weighted by Crippen LogP contribution is 2.35. The Balaban J connectivity index is 1.96. The zero-order chi connectivity index (χ0) is 14.5. The van der Waals surface area contributed by atoms with Crippen LogP contribution in [0.2, 0.25) is 0 Å². The predicted molar refractivity (Wildman–Crippen MR) is 84.3 cm³/mol. The van der Waals surface area contributed by atoms with E-state index in [0.717, 1.165) is 32.1 Å². The molecule has 1 aromatic carbocycles. The van der Waals surface area contributed by atoms with E-state index in [9.17, 15) is 5.11 Å². The molecule has 1 aliphatic heterocycles. The standard InChI is InChI=1S/C15H23BrN2O2/c1-17-9-11-3-5-18(6-4-11)10-12-7-13(16)15(19)14(8-12)20-2/h7-8,11,17,19H,3-6,9-10H2,1-2H3. The third kappa shape index (κ3) is 3.87. The lowest BCUT2D eigenvalue weighted by atomic mass is 9.96. The lowest BCUT2D eigenvalue weighted by Crippen LogP contribution is -2.36. The summed E-state index contributed by atoms with van der Waals surface area (Å²) in [7, 11) is 3.60. The van der Waals surface area contributed by atoms with E-state index < -0.39 is 0 Å². The molecule has 4 nitrogen and oxygen atoms in total. The van der Waals surface area contributed by atoms with Gasteiger partial charge in [-0.15, -0.1) is 0 Å². The maximum Gasteiger partial charge on any atom is 0.172 e. The van der Waals surface area contributed by atoms with Gasteiger partial charge in [0, 0.05) is 6.54 Å². The van der Waals surface area contributed by atoms with Crippen molar-refractivity contribution in [3.05, 3.63) is 22.2 Å². The van der Waals surface area contributed by atoms with Crippen LogP contribution in [0.3, 0.4) is 0 Å². The van der Waals surface area contributed by atoms with E-state index in [2.05, 4.69) is 26.1 Å². The number of phenols is 1. The van der Waals surface area contributed by atoms with Crippen molar-refractivity contribution in [1.29, 1.82) is 0 Å². The maximum absolute atomic E-state index is 9.83. The first-order valence-corrected chi connectivity index (χ1v) is 7.85. The van der Waals surface area contributed by atoms with Crippen molar-refractivity contribution in [2.45, 2.75) is 19.4 Å². The number of nitrogens with one attached hydrogen (secondary N) is 1. The first-order valence-electron chi connectivity index (χ1n) is 7.06. The summed E-state index contributed by atoms with van der Waals surface area (Å²) < 4.78 is 5.89. The lowest BCUT2D eigenvalue weighted by molar-refractivity contribution is 0.176. The molecular formula is C15H23BrN2O2. The van der Waals surface area contributed by atoms with Gasteiger partial charge in [0.25, 0.3) is 0 Å². The number of hydrogen-bond donors (Lipinski definition) is 2. The molecule has 1 saturated heterocycles. The molecule has 1 aromatic rings. The normalized spacial score (nSPS) is 17.4. The highest BCUT2D eigenvalue weighted by atomic mass is 79.9. The van der Waals surface area contributed by atoms with Crippen molar-refractivity contribution >= 4 is 15.9 Å². The Hall–Kier alpha value is -0.780. The van der Waals surface area contributed by atoms with Crippen molar-refractivity contribution in [1.82, 2.24) is 10.2 Å². The predicted octanol–water partition coefficient (Wildman–Crippen LogP) is 2.59. The number of hydrogen-bond acceptors (Lipinski definition) is 4. The Morgan fingerprint density at radius 3 is 2.70 bits per heavy atom. The Morgan fingerprint density at radius 2 is 2.10 bits per heavy atom. The molecule has 0 aromatic heterocycles. The summed E-state index contributed by atoms with van der Waals surface area (Å²) >= 11 is 3.38. The average molecular weight is 343 g/mol. The van der Waals surface area contributed by atoms with E-state index in [0.29, 0.717) is 10.2 Å². The fourth-order valence-corrected chi connectivity index (χ4v) is 3.26. The van der Waals surface area contributed by atoms with E-state index >= 15 is 0 Å². The largest absolute Gasteiger partial charge is 0.503 e. The van der Waals surface area contributed by atoms with E-state index in [1.165, 1.54) is 18.4 Å². The summed E-state index contributed by atoms with van der Waals surface area (Å²) in [6.07, 6.45) is 2.49. The second-order valence-electron chi connectivity index (χ2n) is 5.41. The molecule has 0 unspecified atom stereocenters. The molecule has 1 aliphatic rings. The summed E-state index contributed by atoms with van der Waals surface area (Å²) in [5.74, 6) is 1.50. The number of nitrogens with zero attached hydrogens (tertiary/aromatic N) is 1. The molecule has 5 heteroatoms. The lowest BCUT2D eigenvalue weighted by Gasteiger charge is -2.32. The third-order valence-corrected chi connectivity index (χ3v) is 4.52. The van der Waals surface area contributed by atoms with Crippen molar-refractivity contribution in [2.24, 2.45) is 5.92 Å². The molecule has 2 N–H and O–H groups in total. The molecule has 1 heterocycles. The van der Waals surface area contributed by atoms with Crippen LogP contribution in [0.5, 0.6) is 11.5 Å². The van der Waals surface area contributed by atoms with Gasteiger partial charge in [-0.25, -0.2) is 0 Å². The molecule has 0 amide bonds. The van der Waals surface area contributed by atoms with Gasteiger partial charge in [0.05, 0.1) is 11.6 Å². The second-order valence-corrected chi connectivity index (χ2v) is 6.26. The molecule has 2 rings (SSSR count). The summed E-state index contributed by atoms with van der Waals surface area (Å²) in [6, 6.07) is 3.89. The van der Waals surface area contributed by atoms with Crippen LogP contribution in [-0.4, -0.2) is 43.8 Å². The van der Waals surface area contributed by atoms with Crippen LogP contribution in [0, 0.1) is 5.92 Å². The zero-order valence-electron chi connectivity index (χ0n) is 12.2. The van der Waals surface area contributed by atoms with Gasteiger partial charge in [-0.2, -0.15) is 0 Å². The summed E-state index contributed by atoms with van der Waals surface area (Å²) in [6.45, 7) is 4.29. The third-order valence-electron chi connectivity index (χ3n) is 3.91. The van der Waals surface area contributed by atoms with Crippen LogP contribution in [0.4, 0.5) is 0 Å². The summed E-state index contributed by atoms with van der Waals surface area (Å²) in [4.78, 5) is 2.46. The highest BCUT2D eigenvalue weighted by molar-refractivity contribution is 9.10. The first-order chi connectivity index (χ1) is 9.63. The van der Waals surface area contributed by atoms with Crippen molar-refractivity contribution < 1.29 is 9.84 Å². The number of halogens is 1. The fraction of sp³-hybridized carbons (Fsp3) is 0.600. The van der Waals surface area contributed by atoms with E-state index in [-0.39, 0.29) is 5.75 Å². The molecule has 1 fully saturated rings.